The summed E-state index contributed by atoms with van der Waals surface area (Å²) >= 11 is 0. The van der Waals surface area contributed by atoms with Crippen LogP contribution in [-0.4, -0.2) is 30.2 Å². The Morgan fingerprint density at radius 2 is 1.36 bits per heavy atom. The highest BCUT2D eigenvalue weighted by Gasteiger charge is 2.22. The summed E-state index contributed by atoms with van der Waals surface area (Å²) in [6, 6.07) is 29.5. The third-order valence-corrected chi connectivity index (χ3v) is 5.16. The number of hydrogen-bond acceptors (Lipinski definition) is 5. The first-order valence-corrected chi connectivity index (χ1v) is 11.1. The molecule has 2 atom stereocenters. The summed E-state index contributed by atoms with van der Waals surface area (Å²) in [6.45, 7) is 1.46. The zero-order chi connectivity index (χ0) is 23.1. The molecule has 172 valence electrons. The Hall–Kier alpha value is -3.25. The van der Waals surface area contributed by atoms with Crippen molar-refractivity contribution in [3.63, 3.8) is 0 Å². The van der Waals surface area contributed by atoms with Gasteiger partial charge in [0.05, 0.1) is 25.9 Å². The predicted octanol–water partition coefficient (Wildman–Crippen LogP) is 4.41. The van der Waals surface area contributed by atoms with Crippen LogP contribution in [0.1, 0.15) is 23.1 Å². The fourth-order valence-electron chi connectivity index (χ4n) is 3.33. The predicted molar refractivity (Wildman–Crippen MR) is 129 cm³/mol. The molecule has 0 amide bonds. The molecule has 0 saturated heterocycles. The molecule has 3 aromatic rings. The van der Waals surface area contributed by atoms with Crippen LogP contribution >= 0.6 is 0 Å². The minimum absolute atomic E-state index is 0.109. The number of benzene rings is 3. The number of aldehydes is 1. The van der Waals surface area contributed by atoms with Crippen molar-refractivity contribution in [1.29, 1.82) is 0 Å². The van der Waals surface area contributed by atoms with Crippen molar-refractivity contribution < 1.29 is 19.4 Å². The van der Waals surface area contributed by atoms with E-state index in [-0.39, 0.29) is 13.0 Å². The Kier molecular flexibility index (Phi) is 10.4. The Labute approximate surface area is 195 Å². The zero-order valence-corrected chi connectivity index (χ0v) is 18.7. The van der Waals surface area contributed by atoms with Crippen LogP contribution in [0.2, 0.25) is 0 Å². The number of ether oxygens (including phenoxy) is 2. The molecule has 0 spiro atoms. The first-order valence-electron chi connectivity index (χ1n) is 11.1. The average Bonchev–Trinajstić information content (AvgIpc) is 2.87. The molecule has 0 bridgehead atoms. The third kappa shape index (κ3) is 9.02. The van der Waals surface area contributed by atoms with Gasteiger partial charge in [0.15, 0.2) is 0 Å². The zero-order valence-electron chi connectivity index (χ0n) is 18.7. The smallest absolute Gasteiger partial charge is 0.147 e. The maximum atomic E-state index is 11.7. The van der Waals surface area contributed by atoms with E-state index in [1.807, 2.05) is 91.0 Å². The second-order valence-electron chi connectivity index (χ2n) is 7.81. The molecule has 0 aromatic heterocycles. The van der Waals surface area contributed by atoms with Gasteiger partial charge < -0.3 is 19.9 Å². The Balaban J connectivity index is 1.58. The number of aliphatic hydroxyl groups is 1. The fraction of sp³-hybridized carbons (Fsp3) is 0.250. The van der Waals surface area contributed by atoms with Gasteiger partial charge >= 0.3 is 0 Å². The quantitative estimate of drug-likeness (QED) is 0.284. The molecule has 0 saturated carbocycles. The first-order chi connectivity index (χ1) is 16.2. The summed E-state index contributed by atoms with van der Waals surface area (Å²) in [5.74, 6) is 0. The second kappa shape index (κ2) is 14.0. The number of carbonyl (C=O) groups excluding carboxylic acids is 1. The highest BCUT2D eigenvalue weighted by molar-refractivity contribution is 5.73. The number of rotatable bonds is 14. The van der Waals surface area contributed by atoms with Crippen LogP contribution < -0.4 is 5.32 Å². The highest BCUT2D eigenvalue weighted by Crippen LogP contribution is 2.15. The third-order valence-electron chi connectivity index (χ3n) is 5.16. The molecule has 3 rings (SSSR count). The van der Waals surface area contributed by atoms with Crippen molar-refractivity contribution in [3.8, 4) is 0 Å². The minimum atomic E-state index is -0.880. The summed E-state index contributed by atoms with van der Waals surface area (Å²) in [4.78, 5) is 11.7. The van der Waals surface area contributed by atoms with Crippen LogP contribution in [0.4, 0.5) is 0 Å². The van der Waals surface area contributed by atoms with Gasteiger partial charge in [-0.25, -0.2) is 0 Å². The van der Waals surface area contributed by atoms with E-state index in [4.69, 9.17) is 9.47 Å². The monoisotopic (exact) mass is 445 g/mol. The van der Waals surface area contributed by atoms with Gasteiger partial charge in [-0.15, -0.1) is 0 Å². The van der Waals surface area contributed by atoms with Crippen molar-refractivity contribution in [2.45, 2.75) is 38.4 Å². The van der Waals surface area contributed by atoms with E-state index in [9.17, 15) is 9.90 Å². The molecule has 5 nitrogen and oxygen atoms in total. The van der Waals surface area contributed by atoms with Gasteiger partial charge in [-0.2, -0.15) is 0 Å². The Morgan fingerprint density at radius 1 is 0.818 bits per heavy atom. The number of nitrogens with one attached hydrogen (secondary N) is 1. The molecule has 2 N–H and O–H groups in total. The van der Waals surface area contributed by atoms with Gasteiger partial charge in [0.2, 0.25) is 0 Å². The lowest BCUT2D eigenvalue weighted by molar-refractivity contribution is -0.106. The van der Waals surface area contributed by atoms with Gasteiger partial charge in [-0.05, 0) is 16.7 Å². The van der Waals surface area contributed by atoms with Gasteiger partial charge in [-0.3, -0.25) is 4.79 Å². The molecule has 0 unspecified atom stereocenters. The maximum Gasteiger partial charge on any atom is 0.147 e. The average molecular weight is 446 g/mol. The van der Waals surface area contributed by atoms with Crippen LogP contribution in [0, 0.1) is 0 Å². The van der Waals surface area contributed by atoms with Crippen LogP contribution in [-0.2, 0) is 34.0 Å². The summed E-state index contributed by atoms with van der Waals surface area (Å²) in [5, 5.41) is 14.0. The van der Waals surface area contributed by atoms with Crippen LogP contribution in [0.3, 0.4) is 0 Å². The second-order valence-corrected chi connectivity index (χ2v) is 7.81. The highest BCUT2D eigenvalue weighted by atomic mass is 16.5. The molecular formula is C28H31NO4. The summed E-state index contributed by atoms with van der Waals surface area (Å²) < 4.78 is 11.7. The van der Waals surface area contributed by atoms with E-state index in [1.54, 1.807) is 6.20 Å². The van der Waals surface area contributed by atoms with Crippen LogP contribution in [0.15, 0.2) is 103 Å². The van der Waals surface area contributed by atoms with Gasteiger partial charge in [0, 0.05) is 24.7 Å². The summed E-state index contributed by atoms with van der Waals surface area (Å²) in [7, 11) is 0. The minimum Gasteiger partial charge on any atom is -0.388 e. The van der Waals surface area contributed by atoms with E-state index in [1.165, 1.54) is 0 Å². The standard InChI is InChI=1S/C28H31NO4/c30-19-26(18-29-17-23-10-4-1-5-11-23)16-28(33-21-25-14-8-3-9-15-25)27(31)22-32-20-24-12-6-2-7-13-24/h1-15,18-19,27-29,31H,16-17,20-22H2/b26-18+/t27-,28+/m1/s1. The lowest BCUT2D eigenvalue weighted by Gasteiger charge is -2.24. The van der Waals surface area contributed by atoms with Crippen molar-refractivity contribution in [2.24, 2.45) is 0 Å². The van der Waals surface area contributed by atoms with Crippen molar-refractivity contribution in [3.05, 3.63) is 119 Å². The lowest BCUT2D eigenvalue weighted by atomic mass is 10.1. The molecule has 5 heteroatoms. The molecule has 0 fully saturated rings. The number of carbonyl (C=O) groups is 1. The SMILES string of the molecule is O=C/C(=C/NCc1ccccc1)C[C@H](OCc1ccccc1)[C@H](O)COCc1ccccc1. The normalized spacial score (nSPS) is 13.3. The van der Waals surface area contributed by atoms with Gasteiger partial charge in [0.1, 0.15) is 12.4 Å². The summed E-state index contributed by atoms with van der Waals surface area (Å²) in [6.07, 6.45) is 1.30. The summed E-state index contributed by atoms with van der Waals surface area (Å²) in [5.41, 5.74) is 3.67. The van der Waals surface area contributed by atoms with E-state index in [0.717, 1.165) is 23.0 Å². The Morgan fingerprint density at radius 3 is 1.94 bits per heavy atom. The molecule has 3 aromatic carbocycles. The first kappa shape index (κ1) is 24.4. The van der Waals surface area contributed by atoms with Crippen LogP contribution in [0.25, 0.3) is 0 Å². The van der Waals surface area contributed by atoms with Crippen molar-refractivity contribution in [2.75, 3.05) is 6.61 Å². The molecule has 0 aliphatic heterocycles. The fourth-order valence-corrected chi connectivity index (χ4v) is 3.33. The topological polar surface area (TPSA) is 67.8 Å². The molecule has 0 radical (unpaired) electrons. The number of aliphatic hydroxyl groups excluding tert-OH is 1. The van der Waals surface area contributed by atoms with E-state index in [2.05, 4.69) is 5.32 Å². The molecule has 0 heterocycles. The molecule has 33 heavy (non-hydrogen) atoms. The van der Waals surface area contributed by atoms with E-state index >= 15 is 0 Å². The largest absolute Gasteiger partial charge is 0.388 e. The number of hydrogen-bond donors (Lipinski definition) is 2. The maximum absolute atomic E-state index is 11.7. The van der Waals surface area contributed by atoms with Crippen molar-refractivity contribution >= 4 is 6.29 Å². The Bertz CT molecular complexity index is 961. The molecule has 0 aliphatic rings. The van der Waals surface area contributed by atoms with Gasteiger partial charge in [0.25, 0.3) is 0 Å². The molecular weight excluding hydrogens is 414 g/mol. The molecule has 0 aliphatic carbocycles. The lowest BCUT2D eigenvalue weighted by Crippen LogP contribution is -2.34. The van der Waals surface area contributed by atoms with Gasteiger partial charge in [-0.1, -0.05) is 91.0 Å². The van der Waals surface area contributed by atoms with Crippen molar-refractivity contribution in [1.82, 2.24) is 5.32 Å². The van der Waals surface area contributed by atoms with E-state index < -0.39 is 12.2 Å². The van der Waals surface area contributed by atoms with E-state index in [0.29, 0.717) is 25.3 Å². The van der Waals surface area contributed by atoms with Crippen LogP contribution in [0.5, 0.6) is 0 Å².